The first kappa shape index (κ1) is 33.5. The highest BCUT2D eigenvalue weighted by molar-refractivity contribution is 7.92. The molecule has 0 aromatic heterocycles. The van der Waals surface area contributed by atoms with Crippen LogP contribution in [0.15, 0.2) is 71.6 Å². The number of amides is 2. The van der Waals surface area contributed by atoms with E-state index in [9.17, 15) is 18.0 Å². The molecule has 0 aliphatic carbocycles. The van der Waals surface area contributed by atoms with Crippen LogP contribution in [-0.4, -0.2) is 50.4 Å². The normalized spacial score (nSPS) is 12.4. The van der Waals surface area contributed by atoms with Gasteiger partial charge in [0, 0.05) is 32.7 Å². The SMILES string of the molecule is CC[C@@H](C(=O)NC(C)(C)C)N(Cc1c(Cl)cccc1Cl)C(=O)CN(c1cc(Cl)ccc1OC)S(=O)(=O)c1ccccc1. The molecule has 0 heterocycles. The first-order valence-corrected chi connectivity index (χ1v) is 15.7. The maximum atomic E-state index is 14.3. The molecule has 0 bridgehead atoms. The largest absolute Gasteiger partial charge is 0.495 e. The summed E-state index contributed by atoms with van der Waals surface area (Å²) in [5, 5.41) is 3.76. The second kappa shape index (κ2) is 14.0. The number of carbonyl (C=O) groups excluding carboxylic acids is 2. The van der Waals surface area contributed by atoms with Crippen LogP contribution in [0.4, 0.5) is 5.69 Å². The molecule has 0 spiro atoms. The van der Waals surface area contributed by atoms with Gasteiger partial charge in [0.1, 0.15) is 18.3 Å². The number of ether oxygens (including phenoxy) is 1. The van der Waals surface area contributed by atoms with Gasteiger partial charge < -0.3 is 15.0 Å². The molecule has 0 aliphatic rings. The van der Waals surface area contributed by atoms with Crippen LogP contribution < -0.4 is 14.4 Å². The lowest BCUT2D eigenvalue weighted by atomic mass is 10.1. The highest BCUT2D eigenvalue weighted by Gasteiger charge is 2.36. The van der Waals surface area contributed by atoms with E-state index in [4.69, 9.17) is 39.5 Å². The van der Waals surface area contributed by atoms with Gasteiger partial charge in [0.05, 0.1) is 17.7 Å². The van der Waals surface area contributed by atoms with Crippen molar-refractivity contribution in [1.29, 1.82) is 0 Å². The fraction of sp³-hybridized carbons (Fsp3) is 0.333. The summed E-state index contributed by atoms with van der Waals surface area (Å²) in [6.07, 6.45) is 0.238. The number of hydrogen-bond donors (Lipinski definition) is 1. The number of halogens is 3. The molecule has 1 N–H and O–H groups in total. The molecule has 0 aliphatic heterocycles. The third kappa shape index (κ3) is 8.10. The molecule has 42 heavy (non-hydrogen) atoms. The Hall–Kier alpha value is -2.98. The van der Waals surface area contributed by atoms with Gasteiger partial charge in [-0.25, -0.2) is 8.42 Å². The number of benzene rings is 3. The zero-order valence-corrected chi connectivity index (χ0v) is 27.1. The lowest BCUT2D eigenvalue weighted by molar-refractivity contribution is -0.141. The number of carbonyl (C=O) groups is 2. The van der Waals surface area contributed by atoms with Crippen LogP contribution in [0.2, 0.25) is 15.1 Å². The number of anilines is 1. The minimum atomic E-state index is -4.31. The van der Waals surface area contributed by atoms with E-state index in [1.165, 1.54) is 36.3 Å². The molecule has 12 heteroatoms. The molecule has 0 saturated carbocycles. The molecule has 3 aromatic rings. The first-order valence-electron chi connectivity index (χ1n) is 13.1. The topological polar surface area (TPSA) is 96.0 Å². The van der Waals surface area contributed by atoms with Gasteiger partial charge in [-0.15, -0.1) is 0 Å². The number of hydrogen-bond acceptors (Lipinski definition) is 5. The first-order chi connectivity index (χ1) is 19.7. The summed E-state index contributed by atoms with van der Waals surface area (Å²) < 4.78 is 34.5. The van der Waals surface area contributed by atoms with Gasteiger partial charge in [0.15, 0.2) is 0 Å². The molecule has 226 valence electrons. The van der Waals surface area contributed by atoms with Crippen molar-refractivity contribution < 1.29 is 22.7 Å². The monoisotopic (exact) mass is 653 g/mol. The van der Waals surface area contributed by atoms with Crippen molar-refractivity contribution in [3.8, 4) is 5.75 Å². The Morgan fingerprint density at radius 3 is 2.12 bits per heavy atom. The fourth-order valence-electron chi connectivity index (χ4n) is 4.32. The zero-order chi connectivity index (χ0) is 31.2. The van der Waals surface area contributed by atoms with E-state index in [2.05, 4.69) is 5.32 Å². The van der Waals surface area contributed by atoms with Gasteiger partial charge >= 0.3 is 0 Å². The molecule has 0 radical (unpaired) electrons. The number of rotatable bonds is 11. The lowest BCUT2D eigenvalue weighted by Crippen LogP contribution is -2.55. The van der Waals surface area contributed by atoms with Crippen LogP contribution in [0.1, 0.15) is 39.7 Å². The summed E-state index contributed by atoms with van der Waals surface area (Å²) in [7, 11) is -2.92. The molecule has 2 amide bonds. The Morgan fingerprint density at radius 1 is 0.952 bits per heavy atom. The summed E-state index contributed by atoms with van der Waals surface area (Å²) in [6.45, 7) is 6.44. The maximum absolute atomic E-state index is 14.3. The predicted molar refractivity (Wildman–Crippen MR) is 168 cm³/mol. The molecule has 0 unspecified atom stereocenters. The van der Waals surface area contributed by atoms with Crippen LogP contribution in [0.25, 0.3) is 0 Å². The van der Waals surface area contributed by atoms with E-state index < -0.39 is 40.0 Å². The van der Waals surface area contributed by atoms with E-state index in [1.807, 2.05) is 20.8 Å². The molecule has 0 saturated heterocycles. The highest BCUT2D eigenvalue weighted by Crippen LogP contribution is 2.35. The van der Waals surface area contributed by atoms with Crippen molar-refractivity contribution >= 4 is 62.3 Å². The van der Waals surface area contributed by atoms with E-state index in [-0.39, 0.29) is 34.3 Å². The Bertz CT molecular complexity index is 1510. The number of nitrogens with one attached hydrogen (secondary N) is 1. The standard InChI is InChI=1S/C30H34Cl3N3O5S/c1-6-25(29(38)34-30(2,3)4)35(18-22-23(32)13-10-14-24(22)33)28(37)19-36(26-17-20(31)15-16-27(26)41-5)42(39,40)21-11-8-7-9-12-21/h7-17,25H,6,18-19H2,1-5H3,(H,34,38)/t25-/m0/s1. The Balaban J connectivity index is 2.17. The third-order valence-electron chi connectivity index (χ3n) is 6.29. The van der Waals surface area contributed by atoms with Gasteiger partial charge in [-0.2, -0.15) is 0 Å². The van der Waals surface area contributed by atoms with Crippen LogP contribution in [-0.2, 0) is 26.2 Å². The Labute approximate surface area is 262 Å². The van der Waals surface area contributed by atoms with Crippen molar-refractivity contribution in [2.75, 3.05) is 18.0 Å². The van der Waals surface area contributed by atoms with Gasteiger partial charge in [0.2, 0.25) is 11.8 Å². The van der Waals surface area contributed by atoms with E-state index >= 15 is 0 Å². The van der Waals surface area contributed by atoms with E-state index in [0.717, 1.165) is 4.31 Å². The minimum Gasteiger partial charge on any atom is -0.495 e. The van der Waals surface area contributed by atoms with Crippen molar-refractivity contribution in [3.05, 3.63) is 87.4 Å². The van der Waals surface area contributed by atoms with Gasteiger partial charge in [-0.1, -0.05) is 66.0 Å². The molecule has 1 atom stereocenters. The smallest absolute Gasteiger partial charge is 0.264 e. The Kier molecular flexibility index (Phi) is 11.2. The molecule has 8 nitrogen and oxygen atoms in total. The van der Waals surface area contributed by atoms with Crippen LogP contribution >= 0.6 is 34.8 Å². The average Bonchev–Trinajstić information content (AvgIpc) is 2.92. The van der Waals surface area contributed by atoms with Crippen LogP contribution in [0.5, 0.6) is 5.75 Å². The average molecular weight is 655 g/mol. The van der Waals surface area contributed by atoms with E-state index in [1.54, 1.807) is 49.4 Å². The number of methoxy groups -OCH3 is 1. The second-order valence-electron chi connectivity index (χ2n) is 10.5. The predicted octanol–water partition coefficient (Wildman–Crippen LogP) is 6.57. The van der Waals surface area contributed by atoms with Crippen molar-refractivity contribution in [2.24, 2.45) is 0 Å². The van der Waals surface area contributed by atoms with Crippen LogP contribution in [0.3, 0.4) is 0 Å². The summed E-state index contributed by atoms with van der Waals surface area (Å²) >= 11 is 19.2. The van der Waals surface area contributed by atoms with Crippen molar-refractivity contribution in [2.45, 2.75) is 57.1 Å². The molecule has 3 aromatic carbocycles. The van der Waals surface area contributed by atoms with E-state index in [0.29, 0.717) is 15.6 Å². The summed E-state index contributed by atoms with van der Waals surface area (Å²) in [6, 6.07) is 16.1. The zero-order valence-electron chi connectivity index (χ0n) is 24.0. The quantitative estimate of drug-likeness (QED) is 0.252. The van der Waals surface area contributed by atoms with Crippen molar-refractivity contribution in [3.63, 3.8) is 0 Å². The molecule has 3 rings (SSSR count). The van der Waals surface area contributed by atoms with Crippen molar-refractivity contribution in [1.82, 2.24) is 10.2 Å². The minimum absolute atomic E-state index is 0.0435. The highest BCUT2D eigenvalue weighted by atomic mass is 35.5. The molecular formula is C30H34Cl3N3O5S. The maximum Gasteiger partial charge on any atom is 0.264 e. The lowest BCUT2D eigenvalue weighted by Gasteiger charge is -2.35. The number of sulfonamides is 1. The fourth-order valence-corrected chi connectivity index (χ4v) is 6.44. The summed E-state index contributed by atoms with van der Waals surface area (Å²) in [5.74, 6) is -0.882. The molecule has 0 fully saturated rings. The second-order valence-corrected chi connectivity index (χ2v) is 13.6. The summed E-state index contributed by atoms with van der Waals surface area (Å²) in [4.78, 5) is 29.0. The molecular weight excluding hydrogens is 621 g/mol. The van der Waals surface area contributed by atoms with Gasteiger partial charge in [0.25, 0.3) is 10.0 Å². The number of nitrogens with zero attached hydrogens (tertiary/aromatic N) is 2. The summed E-state index contributed by atoms with van der Waals surface area (Å²) in [5.41, 5.74) is -0.0999. The van der Waals surface area contributed by atoms with Gasteiger partial charge in [-0.3, -0.25) is 13.9 Å². The van der Waals surface area contributed by atoms with Gasteiger partial charge in [-0.05, 0) is 69.7 Å². The Morgan fingerprint density at radius 2 is 1.57 bits per heavy atom. The van der Waals surface area contributed by atoms with Crippen LogP contribution in [0, 0.1) is 0 Å². The third-order valence-corrected chi connectivity index (χ3v) is 9.01.